The molecule has 0 fully saturated rings. The topological polar surface area (TPSA) is 44.0 Å². The average molecular weight is 244 g/mol. The van der Waals surface area contributed by atoms with Crippen LogP contribution in [0.2, 0.25) is 0 Å². The lowest BCUT2D eigenvalue weighted by Gasteiger charge is -2.07. The van der Waals surface area contributed by atoms with Crippen LogP contribution in [0.3, 0.4) is 0 Å². The van der Waals surface area contributed by atoms with Gasteiger partial charge in [0.2, 0.25) is 0 Å². The Kier molecular flexibility index (Phi) is 2.89. The van der Waals surface area contributed by atoms with Crippen molar-refractivity contribution < 1.29 is 9.50 Å². The largest absolute Gasteiger partial charge is 0.505 e. The van der Waals surface area contributed by atoms with Gasteiger partial charge in [0.25, 0.3) is 0 Å². The fourth-order valence-electron chi connectivity index (χ4n) is 1.05. The lowest BCUT2D eigenvalue weighted by Crippen LogP contribution is -1.92. The van der Waals surface area contributed by atoms with Crippen LogP contribution in [0.5, 0.6) is 5.75 Å². The molecule has 0 radical (unpaired) electrons. The first kappa shape index (κ1) is 10.0. The molecule has 68 valence electrons. The molecule has 1 aromatic carbocycles. The number of nitriles is 1. The smallest absolute Gasteiger partial charge is 0.165 e. The predicted molar refractivity (Wildman–Crippen MR) is 49.8 cm³/mol. The Bertz CT molecular complexity index is 358. The predicted octanol–water partition coefficient (Wildman–Crippen LogP) is 2.67. The molecule has 4 heteroatoms. The van der Waals surface area contributed by atoms with Crippen molar-refractivity contribution in [3.63, 3.8) is 0 Å². The molecule has 0 saturated heterocycles. The SMILES string of the molecule is Cc1cc(F)c(O)c(CC#N)c1Br. The maximum atomic E-state index is 13.0. The molecule has 0 amide bonds. The van der Waals surface area contributed by atoms with Gasteiger partial charge in [0.15, 0.2) is 11.6 Å². The molecular formula is C9H7BrFNO. The van der Waals surface area contributed by atoms with E-state index in [1.54, 1.807) is 6.92 Å². The van der Waals surface area contributed by atoms with Gasteiger partial charge in [-0.15, -0.1) is 0 Å². The van der Waals surface area contributed by atoms with Gasteiger partial charge in [-0.25, -0.2) is 4.39 Å². The van der Waals surface area contributed by atoms with Crippen molar-refractivity contribution in [3.8, 4) is 11.8 Å². The minimum atomic E-state index is -0.689. The average Bonchev–Trinajstić information content (AvgIpc) is 2.09. The van der Waals surface area contributed by atoms with E-state index in [-0.39, 0.29) is 6.42 Å². The molecule has 0 aromatic heterocycles. The Balaban J connectivity index is 3.39. The minimum Gasteiger partial charge on any atom is -0.505 e. The Morgan fingerprint density at radius 1 is 1.69 bits per heavy atom. The summed E-state index contributed by atoms with van der Waals surface area (Å²) in [4.78, 5) is 0. The van der Waals surface area contributed by atoms with E-state index in [4.69, 9.17) is 5.26 Å². The van der Waals surface area contributed by atoms with Gasteiger partial charge in [0, 0.05) is 10.0 Å². The molecule has 0 heterocycles. The second-order valence-corrected chi connectivity index (χ2v) is 3.44. The number of phenolic OH excluding ortho intramolecular Hbond substituents is 1. The number of hydrogen-bond acceptors (Lipinski definition) is 2. The fraction of sp³-hybridized carbons (Fsp3) is 0.222. The highest BCUT2D eigenvalue weighted by Crippen LogP contribution is 2.31. The van der Waals surface area contributed by atoms with E-state index < -0.39 is 11.6 Å². The Labute approximate surface area is 83.7 Å². The van der Waals surface area contributed by atoms with Gasteiger partial charge in [-0.3, -0.25) is 0 Å². The highest BCUT2D eigenvalue weighted by atomic mass is 79.9. The van der Waals surface area contributed by atoms with Crippen molar-refractivity contribution in [1.29, 1.82) is 5.26 Å². The van der Waals surface area contributed by atoms with Crippen molar-refractivity contribution in [2.24, 2.45) is 0 Å². The monoisotopic (exact) mass is 243 g/mol. The fourth-order valence-corrected chi connectivity index (χ4v) is 1.49. The Morgan fingerprint density at radius 3 is 2.85 bits per heavy atom. The van der Waals surface area contributed by atoms with Gasteiger partial charge >= 0.3 is 0 Å². The number of phenols is 1. The molecule has 0 bridgehead atoms. The zero-order chi connectivity index (χ0) is 10.0. The van der Waals surface area contributed by atoms with Crippen molar-refractivity contribution in [1.82, 2.24) is 0 Å². The normalized spacial score (nSPS) is 9.69. The molecule has 2 nitrogen and oxygen atoms in total. The first-order valence-corrected chi connectivity index (χ1v) is 4.40. The van der Waals surface area contributed by atoms with E-state index in [2.05, 4.69) is 15.9 Å². The van der Waals surface area contributed by atoms with E-state index in [1.807, 2.05) is 6.07 Å². The molecule has 1 aromatic rings. The van der Waals surface area contributed by atoms with Gasteiger partial charge in [-0.05, 0) is 18.6 Å². The first-order chi connectivity index (χ1) is 6.07. The van der Waals surface area contributed by atoms with Crippen LogP contribution in [0.1, 0.15) is 11.1 Å². The van der Waals surface area contributed by atoms with Crippen molar-refractivity contribution in [2.75, 3.05) is 0 Å². The number of rotatable bonds is 1. The zero-order valence-corrected chi connectivity index (χ0v) is 8.52. The molecule has 0 saturated carbocycles. The number of aromatic hydroxyl groups is 1. The number of nitrogens with zero attached hydrogens (tertiary/aromatic N) is 1. The highest BCUT2D eigenvalue weighted by Gasteiger charge is 2.13. The molecule has 1 N–H and O–H groups in total. The van der Waals surface area contributed by atoms with Crippen LogP contribution in [-0.2, 0) is 6.42 Å². The van der Waals surface area contributed by atoms with E-state index in [9.17, 15) is 9.50 Å². The van der Waals surface area contributed by atoms with Gasteiger partial charge in [-0.2, -0.15) is 5.26 Å². The molecule has 0 atom stereocenters. The third-order valence-electron chi connectivity index (χ3n) is 1.72. The van der Waals surface area contributed by atoms with Crippen LogP contribution >= 0.6 is 15.9 Å². The quantitative estimate of drug-likeness (QED) is 0.825. The molecule has 13 heavy (non-hydrogen) atoms. The summed E-state index contributed by atoms with van der Waals surface area (Å²) in [7, 11) is 0. The Hall–Kier alpha value is -1.08. The van der Waals surface area contributed by atoms with Crippen LogP contribution in [0.4, 0.5) is 4.39 Å². The molecule has 1 rings (SSSR count). The van der Waals surface area contributed by atoms with Crippen molar-refractivity contribution >= 4 is 15.9 Å². The number of halogens is 2. The van der Waals surface area contributed by atoms with Crippen LogP contribution < -0.4 is 0 Å². The van der Waals surface area contributed by atoms with Crippen molar-refractivity contribution in [2.45, 2.75) is 13.3 Å². The van der Waals surface area contributed by atoms with Gasteiger partial charge in [-0.1, -0.05) is 15.9 Å². The second-order valence-electron chi connectivity index (χ2n) is 2.65. The standard InChI is InChI=1S/C9H7BrFNO/c1-5-4-7(11)9(13)6(2-3-12)8(5)10/h4,13H,2H2,1H3. The summed E-state index contributed by atoms with van der Waals surface area (Å²) in [5.41, 5.74) is 0.973. The maximum Gasteiger partial charge on any atom is 0.165 e. The second kappa shape index (κ2) is 3.75. The summed E-state index contributed by atoms with van der Waals surface area (Å²) in [6.45, 7) is 1.70. The molecule has 0 aliphatic heterocycles. The van der Waals surface area contributed by atoms with Crippen LogP contribution in [0.25, 0.3) is 0 Å². The number of aryl methyl sites for hydroxylation is 1. The van der Waals surface area contributed by atoms with Gasteiger partial charge < -0.3 is 5.11 Å². The third-order valence-corrected chi connectivity index (χ3v) is 2.83. The van der Waals surface area contributed by atoms with Crippen molar-refractivity contribution in [3.05, 3.63) is 27.5 Å². The van der Waals surface area contributed by atoms with Gasteiger partial charge in [0.05, 0.1) is 12.5 Å². The van der Waals surface area contributed by atoms with E-state index >= 15 is 0 Å². The van der Waals surface area contributed by atoms with E-state index in [0.29, 0.717) is 15.6 Å². The summed E-state index contributed by atoms with van der Waals surface area (Å²) in [5.74, 6) is -1.13. The minimum absolute atomic E-state index is 0.00891. The lowest BCUT2D eigenvalue weighted by atomic mass is 10.1. The molecule has 0 aliphatic rings. The van der Waals surface area contributed by atoms with E-state index in [1.165, 1.54) is 6.07 Å². The summed E-state index contributed by atoms with van der Waals surface area (Å²) < 4.78 is 13.6. The molecule has 0 unspecified atom stereocenters. The van der Waals surface area contributed by atoms with Crippen LogP contribution in [0.15, 0.2) is 10.5 Å². The van der Waals surface area contributed by atoms with E-state index in [0.717, 1.165) is 0 Å². The number of benzene rings is 1. The maximum absolute atomic E-state index is 13.0. The third kappa shape index (κ3) is 1.81. The number of hydrogen-bond donors (Lipinski definition) is 1. The molecular weight excluding hydrogens is 237 g/mol. The summed E-state index contributed by atoms with van der Waals surface area (Å²) >= 11 is 3.19. The Morgan fingerprint density at radius 2 is 2.31 bits per heavy atom. The molecule has 0 aliphatic carbocycles. The summed E-state index contributed by atoms with van der Waals surface area (Å²) in [5, 5.41) is 17.7. The summed E-state index contributed by atoms with van der Waals surface area (Å²) in [6.07, 6.45) is -0.00891. The lowest BCUT2D eigenvalue weighted by molar-refractivity contribution is 0.426. The van der Waals surface area contributed by atoms with Gasteiger partial charge in [0.1, 0.15) is 0 Å². The summed E-state index contributed by atoms with van der Waals surface area (Å²) in [6, 6.07) is 3.09. The molecule has 0 spiro atoms. The highest BCUT2D eigenvalue weighted by molar-refractivity contribution is 9.10. The van der Waals surface area contributed by atoms with Crippen LogP contribution in [-0.4, -0.2) is 5.11 Å². The first-order valence-electron chi connectivity index (χ1n) is 3.61. The zero-order valence-electron chi connectivity index (χ0n) is 6.93. The van der Waals surface area contributed by atoms with Crippen LogP contribution in [0, 0.1) is 24.1 Å².